The summed E-state index contributed by atoms with van der Waals surface area (Å²) in [6, 6.07) is 9.34. The lowest BCUT2D eigenvalue weighted by Gasteiger charge is -2.10. The van der Waals surface area contributed by atoms with E-state index in [0.29, 0.717) is 33.7 Å². The van der Waals surface area contributed by atoms with Gasteiger partial charge in [-0.05, 0) is 23.8 Å². The number of alkyl halides is 3. The SMILES string of the molecule is O=c1cc(Cc2ccc(C(F)(F)F)cc2)[nH]c(Nc2c[nH]c3cc(F)c(F)cc23)c1. The maximum Gasteiger partial charge on any atom is 0.416 e. The molecule has 0 aliphatic heterocycles. The van der Waals surface area contributed by atoms with Gasteiger partial charge in [-0.2, -0.15) is 13.2 Å². The van der Waals surface area contributed by atoms with E-state index in [1.807, 2.05) is 0 Å². The molecular formula is C21H14F5N3O. The standard InChI is InChI=1S/C21H14F5N3O/c22-16-8-15-18(9-17(16)23)27-10-19(15)29-20-7-14(30)6-13(28-20)5-11-1-3-12(4-2-11)21(24,25)26/h1-4,6-10,27H,5H2,(H2,28,29,30). The van der Waals surface area contributed by atoms with E-state index in [1.165, 1.54) is 30.5 Å². The number of H-pyrrole nitrogens is 2. The molecule has 0 saturated heterocycles. The summed E-state index contributed by atoms with van der Waals surface area (Å²) in [6.07, 6.45) is -2.71. The van der Waals surface area contributed by atoms with Crippen LogP contribution in [0.4, 0.5) is 33.5 Å². The zero-order chi connectivity index (χ0) is 21.5. The number of aromatic nitrogens is 2. The van der Waals surface area contributed by atoms with E-state index in [2.05, 4.69) is 15.3 Å². The van der Waals surface area contributed by atoms with Crippen molar-refractivity contribution in [2.24, 2.45) is 0 Å². The number of benzene rings is 2. The van der Waals surface area contributed by atoms with Crippen LogP contribution in [0.3, 0.4) is 0 Å². The van der Waals surface area contributed by atoms with Gasteiger partial charge in [0.15, 0.2) is 17.1 Å². The van der Waals surface area contributed by atoms with Crippen LogP contribution in [-0.2, 0) is 12.6 Å². The van der Waals surface area contributed by atoms with Crippen LogP contribution in [0.5, 0.6) is 0 Å². The maximum atomic E-state index is 13.6. The molecule has 0 aliphatic carbocycles. The minimum atomic E-state index is -4.42. The Morgan fingerprint density at radius 1 is 0.933 bits per heavy atom. The van der Waals surface area contributed by atoms with Gasteiger partial charge in [0.25, 0.3) is 0 Å². The number of nitrogens with one attached hydrogen (secondary N) is 3. The van der Waals surface area contributed by atoms with Gasteiger partial charge in [-0.3, -0.25) is 4.79 Å². The number of rotatable bonds is 4. The molecule has 4 aromatic rings. The molecule has 0 spiro atoms. The predicted octanol–water partition coefficient (Wildman–Crippen LogP) is 5.49. The van der Waals surface area contributed by atoms with Gasteiger partial charge in [0, 0.05) is 41.9 Å². The van der Waals surface area contributed by atoms with Gasteiger partial charge >= 0.3 is 6.18 Å². The molecule has 4 nitrogen and oxygen atoms in total. The lowest BCUT2D eigenvalue weighted by atomic mass is 10.1. The Bertz CT molecular complexity index is 1270. The topological polar surface area (TPSA) is 60.7 Å². The van der Waals surface area contributed by atoms with Crippen LogP contribution in [0, 0.1) is 11.6 Å². The molecule has 9 heteroatoms. The molecule has 0 atom stereocenters. The summed E-state index contributed by atoms with van der Waals surface area (Å²) < 4.78 is 65.0. The van der Waals surface area contributed by atoms with Gasteiger partial charge in [-0.1, -0.05) is 12.1 Å². The van der Waals surface area contributed by atoms with E-state index >= 15 is 0 Å². The lowest BCUT2D eigenvalue weighted by Crippen LogP contribution is -2.07. The average molecular weight is 419 g/mol. The van der Waals surface area contributed by atoms with Crippen molar-refractivity contribution < 1.29 is 22.0 Å². The fourth-order valence-corrected chi connectivity index (χ4v) is 3.16. The van der Waals surface area contributed by atoms with Crippen molar-refractivity contribution >= 4 is 22.4 Å². The highest BCUT2D eigenvalue weighted by molar-refractivity contribution is 5.93. The molecule has 2 aromatic carbocycles. The quantitative estimate of drug-likeness (QED) is 0.383. The number of hydrogen-bond acceptors (Lipinski definition) is 2. The third kappa shape index (κ3) is 4.05. The molecule has 2 aromatic heterocycles. The molecule has 0 amide bonds. The van der Waals surface area contributed by atoms with Crippen molar-refractivity contribution in [2.45, 2.75) is 12.6 Å². The molecular weight excluding hydrogens is 405 g/mol. The second-order valence-corrected chi connectivity index (χ2v) is 6.77. The van der Waals surface area contributed by atoms with Gasteiger partial charge in [0.2, 0.25) is 0 Å². The van der Waals surface area contributed by atoms with Crippen molar-refractivity contribution in [2.75, 3.05) is 5.32 Å². The molecule has 0 saturated carbocycles. The van der Waals surface area contributed by atoms with Crippen LogP contribution in [0.1, 0.15) is 16.8 Å². The summed E-state index contributed by atoms with van der Waals surface area (Å²) in [4.78, 5) is 17.9. The molecule has 30 heavy (non-hydrogen) atoms. The first-order valence-corrected chi connectivity index (χ1v) is 8.81. The summed E-state index contributed by atoms with van der Waals surface area (Å²) >= 11 is 0. The second-order valence-electron chi connectivity index (χ2n) is 6.77. The minimum Gasteiger partial charge on any atom is -0.359 e. The summed E-state index contributed by atoms with van der Waals surface area (Å²) in [5.41, 5.74) is 0.779. The van der Waals surface area contributed by atoms with E-state index < -0.39 is 23.4 Å². The Labute approximate surface area is 166 Å². The van der Waals surface area contributed by atoms with E-state index in [-0.39, 0.29) is 11.8 Å². The molecule has 2 heterocycles. The van der Waals surface area contributed by atoms with Crippen LogP contribution >= 0.6 is 0 Å². The average Bonchev–Trinajstić information content (AvgIpc) is 3.03. The number of fused-ring (bicyclic) bond motifs is 1. The van der Waals surface area contributed by atoms with Crippen molar-refractivity contribution in [3.63, 3.8) is 0 Å². The summed E-state index contributed by atoms with van der Waals surface area (Å²) in [7, 11) is 0. The fraction of sp³-hybridized carbons (Fsp3) is 0.0952. The highest BCUT2D eigenvalue weighted by atomic mass is 19.4. The first kappa shape index (κ1) is 19.7. The third-order valence-electron chi connectivity index (χ3n) is 4.57. The molecule has 154 valence electrons. The van der Waals surface area contributed by atoms with Gasteiger partial charge in [0.1, 0.15) is 5.82 Å². The summed E-state index contributed by atoms with van der Waals surface area (Å²) in [5, 5.41) is 3.34. The Balaban J connectivity index is 1.60. The largest absolute Gasteiger partial charge is 0.416 e. The first-order chi connectivity index (χ1) is 14.2. The van der Waals surface area contributed by atoms with Crippen LogP contribution in [-0.4, -0.2) is 9.97 Å². The van der Waals surface area contributed by atoms with Crippen LogP contribution in [0.2, 0.25) is 0 Å². The monoisotopic (exact) mass is 419 g/mol. The van der Waals surface area contributed by atoms with Crippen molar-refractivity contribution in [1.29, 1.82) is 0 Å². The Hall–Kier alpha value is -3.62. The van der Waals surface area contributed by atoms with Crippen LogP contribution in [0.25, 0.3) is 10.9 Å². The molecule has 0 unspecified atom stereocenters. The van der Waals surface area contributed by atoms with E-state index in [1.54, 1.807) is 0 Å². The van der Waals surface area contributed by atoms with E-state index in [4.69, 9.17) is 0 Å². The zero-order valence-corrected chi connectivity index (χ0v) is 15.2. The molecule has 0 radical (unpaired) electrons. The van der Waals surface area contributed by atoms with Gasteiger partial charge in [-0.15, -0.1) is 0 Å². The smallest absolute Gasteiger partial charge is 0.359 e. The minimum absolute atomic E-state index is 0.205. The zero-order valence-electron chi connectivity index (χ0n) is 15.2. The van der Waals surface area contributed by atoms with Crippen molar-refractivity contribution in [1.82, 2.24) is 9.97 Å². The Kier molecular flexibility index (Phi) is 4.81. The predicted molar refractivity (Wildman–Crippen MR) is 103 cm³/mol. The van der Waals surface area contributed by atoms with Gasteiger partial charge in [0.05, 0.1) is 16.8 Å². The van der Waals surface area contributed by atoms with Crippen LogP contribution < -0.4 is 10.7 Å². The normalized spacial score (nSPS) is 11.8. The number of pyridine rings is 1. The fourth-order valence-electron chi connectivity index (χ4n) is 3.16. The highest BCUT2D eigenvalue weighted by Crippen LogP contribution is 2.30. The van der Waals surface area contributed by atoms with Crippen molar-refractivity contribution in [3.05, 3.63) is 93.4 Å². The first-order valence-electron chi connectivity index (χ1n) is 8.81. The molecule has 0 aliphatic rings. The van der Waals surface area contributed by atoms with E-state index in [0.717, 1.165) is 24.3 Å². The number of halogens is 5. The molecule has 3 N–H and O–H groups in total. The second kappa shape index (κ2) is 7.33. The highest BCUT2D eigenvalue weighted by Gasteiger charge is 2.29. The maximum absolute atomic E-state index is 13.6. The third-order valence-corrected chi connectivity index (χ3v) is 4.57. The molecule has 0 fully saturated rings. The number of hydrogen-bond donors (Lipinski definition) is 3. The van der Waals surface area contributed by atoms with E-state index in [9.17, 15) is 26.7 Å². The summed E-state index contributed by atoms with van der Waals surface area (Å²) in [5.74, 6) is -1.69. The number of anilines is 2. The molecule has 0 bridgehead atoms. The van der Waals surface area contributed by atoms with Gasteiger partial charge < -0.3 is 15.3 Å². The van der Waals surface area contributed by atoms with Crippen LogP contribution in [0.15, 0.2) is 59.5 Å². The van der Waals surface area contributed by atoms with Crippen molar-refractivity contribution in [3.8, 4) is 0 Å². The Morgan fingerprint density at radius 3 is 2.33 bits per heavy atom. The Morgan fingerprint density at radius 2 is 1.63 bits per heavy atom. The number of aromatic amines is 2. The van der Waals surface area contributed by atoms with Gasteiger partial charge in [-0.25, -0.2) is 8.78 Å². The molecule has 4 rings (SSSR count). The lowest BCUT2D eigenvalue weighted by molar-refractivity contribution is -0.137. The summed E-state index contributed by atoms with van der Waals surface area (Å²) in [6.45, 7) is 0.